The summed E-state index contributed by atoms with van der Waals surface area (Å²) < 4.78 is 33.1. The van der Waals surface area contributed by atoms with Gasteiger partial charge in [-0.1, -0.05) is 18.2 Å². The zero-order valence-electron chi connectivity index (χ0n) is 14.6. The molecule has 2 aliphatic rings. The molecule has 138 valence electrons. The van der Waals surface area contributed by atoms with Crippen molar-refractivity contribution in [1.29, 1.82) is 0 Å². The highest BCUT2D eigenvalue weighted by atomic mass is 32.2. The van der Waals surface area contributed by atoms with E-state index in [9.17, 15) is 13.2 Å². The van der Waals surface area contributed by atoms with Gasteiger partial charge in [0, 0.05) is 27.2 Å². The fourth-order valence-corrected chi connectivity index (χ4v) is 4.68. The van der Waals surface area contributed by atoms with Crippen LogP contribution in [0.2, 0.25) is 0 Å². The van der Waals surface area contributed by atoms with E-state index >= 15 is 0 Å². The maximum Gasteiger partial charge on any atom is 0.319 e. The number of benzene rings is 1. The molecule has 7 nitrogen and oxygen atoms in total. The fraction of sp³-hybridized carbons (Fsp3) is 0.588. The lowest BCUT2D eigenvalue weighted by molar-refractivity contribution is -0.117. The van der Waals surface area contributed by atoms with E-state index in [1.165, 1.54) is 0 Å². The van der Waals surface area contributed by atoms with Crippen molar-refractivity contribution in [3.8, 4) is 0 Å². The Morgan fingerprint density at radius 1 is 1.32 bits per heavy atom. The molecule has 0 saturated carbocycles. The van der Waals surface area contributed by atoms with Crippen LogP contribution in [0.25, 0.3) is 0 Å². The number of amides is 2. The van der Waals surface area contributed by atoms with Gasteiger partial charge < -0.3 is 14.5 Å². The third kappa shape index (κ3) is 3.65. The quantitative estimate of drug-likeness (QED) is 0.846. The van der Waals surface area contributed by atoms with Gasteiger partial charge in [-0.2, -0.15) is 0 Å². The Hall–Kier alpha value is -1.64. The van der Waals surface area contributed by atoms with Crippen LogP contribution in [0, 0.1) is 5.92 Å². The maximum absolute atomic E-state index is 12.3. The van der Waals surface area contributed by atoms with Crippen LogP contribution in [0.5, 0.6) is 0 Å². The van der Waals surface area contributed by atoms with E-state index in [1.807, 2.05) is 0 Å². The first kappa shape index (κ1) is 18.2. The molecule has 1 aromatic rings. The Morgan fingerprint density at radius 3 is 2.64 bits per heavy atom. The monoisotopic (exact) mass is 367 g/mol. The van der Waals surface area contributed by atoms with E-state index in [-0.39, 0.29) is 22.4 Å². The summed E-state index contributed by atoms with van der Waals surface area (Å²) in [7, 11) is -0.00583. The number of urea groups is 1. The van der Waals surface area contributed by atoms with Crippen molar-refractivity contribution in [3.05, 3.63) is 30.3 Å². The molecular weight excluding hydrogens is 342 g/mol. The first-order chi connectivity index (χ1) is 11.8. The maximum atomic E-state index is 12.3. The third-order valence-corrected chi connectivity index (χ3v) is 6.49. The van der Waals surface area contributed by atoms with Gasteiger partial charge >= 0.3 is 6.03 Å². The van der Waals surface area contributed by atoms with Gasteiger partial charge in [-0.3, -0.25) is 0 Å². The molecule has 0 aliphatic carbocycles. The number of carbonyl (C=O) groups excluding carboxylic acids is 1. The van der Waals surface area contributed by atoms with Gasteiger partial charge in [-0.05, 0) is 30.9 Å². The Labute approximate surface area is 149 Å². The lowest BCUT2D eigenvalue weighted by atomic mass is 9.79. The largest absolute Gasteiger partial charge is 0.371 e. The zero-order valence-corrected chi connectivity index (χ0v) is 15.5. The normalized spacial score (nSPS) is 22.0. The number of ether oxygens (including phenoxy) is 1. The first-order valence-electron chi connectivity index (χ1n) is 8.49. The van der Waals surface area contributed by atoms with Crippen molar-refractivity contribution in [2.75, 3.05) is 40.3 Å². The lowest BCUT2D eigenvalue weighted by Crippen LogP contribution is -2.67. The Kier molecular flexibility index (Phi) is 5.04. The van der Waals surface area contributed by atoms with Gasteiger partial charge in [0.2, 0.25) is 10.0 Å². The van der Waals surface area contributed by atoms with E-state index in [0.29, 0.717) is 32.7 Å². The highest BCUT2D eigenvalue weighted by Crippen LogP contribution is 2.41. The van der Waals surface area contributed by atoms with Crippen LogP contribution in [-0.2, 0) is 14.8 Å². The van der Waals surface area contributed by atoms with Crippen LogP contribution < -0.4 is 4.72 Å². The molecule has 0 radical (unpaired) electrons. The average molecular weight is 367 g/mol. The van der Waals surface area contributed by atoms with Gasteiger partial charge in [-0.15, -0.1) is 0 Å². The van der Waals surface area contributed by atoms with E-state index in [0.717, 1.165) is 6.42 Å². The summed E-state index contributed by atoms with van der Waals surface area (Å²) >= 11 is 0. The first-order valence-corrected chi connectivity index (χ1v) is 9.97. The van der Waals surface area contributed by atoms with Crippen LogP contribution >= 0.6 is 0 Å². The smallest absolute Gasteiger partial charge is 0.319 e. The zero-order chi connectivity index (χ0) is 18.1. The van der Waals surface area contributed by atoms with Crippen LogP contribution in [0.15, 0.2) is 35.2 Å². The van der Waals surface area contributed by atoms with Crippen molar-refractivity contribution in [2.24, 2.45) is 5.92 Å². The summed E-state index contributed by atoms with van der Waals surface area (Å²) in [5.74, 6) is 0.261. The van der Waals surface area contributed by atoms with Gasteiger partial charge in [0.25, 0.3) is 0 Å². The van der Waals surface area contributed by atoms with E-state index in [1.54, 1.807) is 54.2 Å². The second kappa shape index (κ2) is 6.93. The molecule has 2 saturated heterocycles. The summed E-state index contributed by atoms with van der Waals surface area (Å²) in [6.07, 6.45) is 1.60. The minimum Gasteiger partial charge on any atom is -0.371 e. The molecule has 1 spiro atoms. The van der Waals surface area contributed by atoms with E-state index in [2.05, 4.69) is 4.72 Å². The molecule has 25 heavy (non-hydrogen) atoms. The molecule has 2 amide bonds. The molecule has 2 aliphatic heterocycles. The molecule has 8 heteroatoms. The molecular formula is C17H25N3O4S. The van der Waals surface area contributed by atoms with Gasteiger partial charge in [0.15, 0.2) is 0 Å². The van der Waals surface area contributed by atoms with Crippen molar-refractivity contribution in [2.45, 2.75) is 23.3 Å². The number of rotatable bonds is 5. The van der Waals surface area contributed by atoms with Crippen LogP contribution in [0.4, 0.5) is 4.79 Å². The molecule has 0 aromatic heterocycles. The number of hydrogen-bond donors (Lipinski definition) is 1. The molecule has 1 atom stereocenters. The average Bonchev–Trinajstić information content (AvgIpc) is 2.97. The molecule has 2 fully saturated rings. The summed E-state index contributed by atoms with van der Waals surface area (Å²) in [5, 5.41) is 0. The minimum atomic E-state index is -3.48. The van der Waals surface area contributed by atoms with Crippen LogP contribution in [0.3, 0.4) is 0 Å². The van der Waals surface area contributed by atoms with Crippen molar-refractivity contribution >= 4 is 16.1 Å². The number of likely N-dealkylation sites (tertiary alicyclic amines) is 1. The summed E-state index contributed by atoms with van der Waals surface area (Å²) in [6.45, 7) is 2.20. The molecule has 2 heterocycles. The highest BCUT2D eigenvalue weighted by Gasteiger charge is 2.54. The number of hydrogen-bond acceptors (Lipinski definition) is 4. The number of carbonyl (C=O) groups is 1. The second-order valence-electron chi connectivity index (χ2n) is 6.93. The number of nitrogens with one attached hydrogen (secondary N) is 1. The van der Waals surface area contributed by atoms with Crippen molar-refractivity contribution in [3.63, 3.8) is 0 Å². The predicted molar refractivity (Wildman–Crippen MR) is 93.7 cm³/mol. The lowest BCUT2D eigenvalue weighted by Gasteiger charge is -2.50. The van der Waals surface area contributed by atoms with Crippen molar-refractivity contribution < 1.29 is 17.9 Å². The second-order valence-corrected chi connectivity index (χ2v) is 8.70. The Balaban J connectivity index is 1.53. The highest BCUT2D eigenvalue weighted by molar-refractivity contribution is 7.89. The van der Waals surface area contributed by atoms with Crippen LogP contribution in [-0.4, -0.2) is 70.2 Å². The minimum absolute atomic E-state index is 0.00958. The molecule has 0 unspecified atom stereocenters. The Bertz CT molecular complexity index is 715. The molecule has 1 N–H and O–H groups in total. The molecule has 0 bridgehead atoms. The van der Waals surface area contributed by atoms with Crippen LogP contribution in [0.1, 0.15) is 12.8 Å². The van der Waals surface area contributed by atoms with Gasteiger partial charge in [0.05, 0.1) is 18.0 Å². The topological polar surface area (TPSA) is 79.0 Å². The standard InChI is InChI=1S/C17H25N3O4S/c1-19(2)16(21)20-12-17(13-20)14(9-11-24-17)8-10-18-25(22,23)15-6-4-3-5-7-15/h3-7,14,18H,8-13H2,1-2H3/t14-/m1/s1. The fourth-order valence-electron chi connectivity index (χ4n) is 3.61. The SMILES string of the molecule is CN(C)C(=O)N1CC2(C1)OCC[C@H]2CCNS(=O)(=O)c1ccccc1. The molecule has 3 rings (SSSR count). The van der Waals surface area contributed by atoms with Gasteiger partial charge in [-0.25, -0.2) is 17.9 Å². The number of nitrogens with zero attached hydrogens (tertiary/aromatic N) is 2. The summed E-state index contributed by atoms with van der Waals surface area (Å²) in [5.41, 5.74) is -0.302. The summed E-state index contributed by atoms with van der Waals surface area (Å²) in [4.78, 5) is 15.6. The van der Waals surface area contributed by atoms with E-state index < -0.39 is 10.0 Å². The number of sulfonamides is 1. The third-order valence-electron chi connectivity index (χ3n) is 5.01. The molecule has 1 aromatic carbocycles. The van der Waals surface area contributed by atoms with E-state index in [4.69, 9.17) is 4.74 Å². The Morgan fingerprint density at radius 2 is 2.00 bits per heavy atom. The summed E-state index contributed by atoms with van der Waals surface area (Å²) in [6, 6.07) is 8.36. The predicted octanol–water partition coefficient (Wildman–Crippen LogP) is 1.13. The van der Waals surface area contributed by atoms with Crippen molar-refractivity contribution in [1.82, 2.24) is 14.5 Å². The van der Waals surface area contributed by atoms with Gasteiger partial charge in [0.1, 0.15) is 5.60 Å².